The van der Waals surface area contributed by atoms with Gasteiger partial charge in [0.2, 0.25) is 15.0 Å². The van der Waals surface area contributed by atoms with Crippen molar-refractivity contribution in [1.29, 1.82) is 0 Å². The molecule has 0 atom stereocenters. The summed E-state index contributed by atoms with van der Waals surface area (Å²) in [7, 11) is -1.79. The molecule has 7 heteroatoms. The lowest BCUT2D eigenvalue weighted by molar-refractivity contribution is 0.181. The molecule has 0 amide bonds. The molecule has 6 nitrogen and oxygen atoms in total. The molecule has 0 radical (unpaired) electrons. The minimum Gasteiger partial charge on any atom is -0.383 e. The first-order chi connectivity index (χ1) is 11.7. The first kappa shape index (κ1) is 20.4. The van der Waals surface area contributed by atoms with E-state index in [1.165, 1.54) is 25.7 Å². The minimum atomic E-state index is -3.43. The molecule has 1 aromatic heterocycles. The van der Waals surface area contributed by atoms with Crippen LogP contribution < -0.4 is 0 Å². The number of hydrogen-bond donors (Lipinski definition) is 0. The summed E-state index contributed by atoms with van der Waals surface area (Å²) < 4.78 is 32.7. The van der Waals surface area contributed by atoms with Gasteiger partial charge in [-0.3, -0.25) is 4.90 Å². The molecule has 2 rings (SSSR count). The van der Waals surface area contributed by atoms with Gasteiger partial charge in [-0.15, -0.1) is 0 Å². The summed E-state index contributed by atoms with van der Waals surface area (Å²) in [5.74, 6) is 0.0904. The number of hydrogen-bond acceptors (Lipinski definition) is 5. The van der Waals surface area contributed by atoms with Crippen molar-refractivity contribution in [2.45, 2.75) is 64.7 Å². The molecule has 0 N–H and O–H groups in total. The molecule has 0 aliphatic carbocycles. The van der Waals surface area contributed by atoms with E-state index in [1.54, 1.807) is 13.3 Å². The summed E-state index contributed by atoms with van der Waals surface area (Å²) in [6, 6.07) is 0. The lowest BCUT2D eigenvalue weighted by Crippen LogP contribution is -2.28. The van der Waals surface area contributed by atoms with Gasteiger partial charge in [0.05, 0.1) is 24.3 Å². The molecular weight excluding hydrogens is 338 g/mol. The van der Waals surface area contributed by atoms with Crippen molar-refractivity contribution in [3.8, 4) is 0 Å². The highest BCUT2D eigenvalue weighted by molar-refractivity contribution is 7.91. The Bertz CT molecular complexity index is 639. The van der Waals surface area contributed by atoms with Crippen LogP contribution in [0.25, 0.3) is 0 Å². The van der Waals surface area contributed by atoms with Gasteiger partial charge in [-0.1, -0.05) is 33.6 Å². The largest absolute Gasteiger partial charge is 0.383 e. The van der Waals surface area contributed by atoms with Crippen molar-refractivity contribution in [3.05, 3.63) is 11.9 Å². The highest BCUT2D eigenvalue weighted by atomic mass is 32.2. The van der Waals surface area contributed by atoms with E-state index in [1.807, 2.05) is 25.3 Å². The zero-order chi connectivity index (χ0) is 18.5. The van der Waals surface area contributed by atoms with Crippen LogP contribution in [-0.4, -0.2) is 55.4 Å². The maximum atomic E-state index is 12.9. The predicted octanol–water partition coefficient (Wildman–Crippen LogP) is 2.73. The van der Waals surface area contributed by atoms with Crippen LogP contribution in [0, 0.1) is 5.41 Å². The van der Waals surface area contributed by atoms with Gasteiger partial charge in [0.25, 0.3) is 0 Å². The Morgan fingerprint density at radius 1 is 1.16 bits per heavy atom. The molecular formula is C18H33N3O3S. The molecule has 1 aromatic rings. The van der Waals surface area contributed by atoms with Crippen LogP contribution in [0.4, 0.5) is 0 Å². The van der Waals surface area contributed by atoms with Gasteiger partial charge < -0.3 is 9.30 Å². The molecule has 0 unspecified atom stereocenters. The second kappa shape index (κ2) is 8.64. The zero-order valence-corrected chi connectivity index (χ0v) is 16.9. The molecule has 0 spiro atoms. The quantitative estimate of drug-likeness (QED) is 0.737. The maximum absolute atomic E-state index is 12.9. The first-order valence-corrected chi connectivity index (χ1v) is 10.9. The number of methoxy groups -OCH3 is 1. The van der Waals surface area contributed by atoms with E-state index >= 15 is 0 Å². The van der Waals surface area contributed by atoms with Gasteiger partial charge in [-0.05, 0) is 31.3 Å². The van der Waals surface area contributed by atoms with E-state index in [0.29, 0.717) is 13.2 Å². The molecule has 1 saturated heterocycles. The minimum absolute atomic E-state index is 0.0904. The average Bonchev–Trinajstić information content (AvgIpc) is 2.71. The molecule has 0 bridgehead atoms. The highest BCUT2D eigenvalue weighted by Gasteiger charge is 2.29. The zero-order valence-electron chi connectivity index (χ0n) is 16.1. The van der Waals surface area contributed by atoms with Crippen LogP contribution in [0.15, 0.2) is 11.4 Å². The Balaban J connectivity index is 2.26. The SMILES string of the molecule is COCCn1c(CN2CCCCCC2)cnc1S(=O)(=O)CC(C)(C)C. The Morgan fingerprint density at radius 2 is 1.80 bits per heavy atom. The average molecular weight is 372 g/mol. The lowest BCUT2D eigenvalue weighted by atomic mass is 10.0. The second-order valence-electron chi connectivity index (χ2n) is 8.19. The van der Waals surface area contributed by atoms with Gasteiger partial charge >= 0.3 is 0 Å². The van der Waals surface area contributed by atoms with E-state index in [9.17, 15) is 8.42 Å². The van der Waals surface area contributed by atoms with E-state index in [2.05, 4.69) is 9.88 Å². The molecule has 1 fully saturated rings. The third kappa shape index (κ3) is 6.08. The Morgan fingerprint density at radius 3 is 2.36 bits per heavy atom. The number of sulfone groups is 1. The van der Waals surface area contributed by atoms with Crippen molar-refractivity contribution >= 4 is 9.84 Å². The Hall–Kier alpha value is -0.920. The van der Waals surface area contributed by atoms with Gasteiger partial charge in [0.15, 0.2) is 0 Å². The van der Waals surface area contributed by atoms with Crippen LogP contribution in [0.5, 0.6) is 0 Å². The van der Waals surface area contributed by atoms with Crippen LogP contribution in [0.1, 0.15) is 52.1 Å². The molecule has 0 aromatic carbocycles. The molecule has 1 aliphatic rings. The summed E-state index contributed by atoms with van der Waals surface area (Å²) in [6.07, 6.45) is 6.72. The van der Waals surface area contributed by atoms with Gasteiger partial charge in [0.1, 0.15) is 0 Å². The monoisotopic (exact) mass is 371 g/mol. The fourth-order valence-electron chi connectivity index (χ4n) is 3.35. The Kier molecular flexibility index (Phi) is 7.05. The smallest absolute Gasteiger partial charge is 0.227 e. The van der Waals surface area contributed by atoms with E-state index < -0.39 is 9.84 Å². The van der Waals surface area contributed by atoms with E-state index in [-0.39, 0.29) is 16.3 Å². The molecule has 144 valence electrons. The van der Waals surface area contributed by atoms with Crippen LogP contribution in [0.3, 0.4) is 0 Å². The van der Waals surface area contributed by atoms with Crippen LogP contribution in [0.2, 0.25) is 0 Å². The number of ether oxygens (including phenoxy) is 1. The number of aromatic nitrogens is 2. The molecule has 0 saturated carbocycles. The number of imidazole rings is 1. The lowest BCUT2D eigenvalue weighted by Gasteiger charge is -2.22. The molecule has 25 heavy (non-hydrogen) atoms. The normalized spacial score (nSPS) is 17.6. The highest BCUT2D eigenvalue weighted by Crippen LogP contribution is 2.23. The summed E-state index contributed by atoms with van der Waals surface area (Å²) in [5, 5.41) is 0.185. The third-order valence-corrected chi connectivity index (χ3v) is 6.53. The van der Waals surface area contributed by atoms with Crippen molar-refractivity contribution in [3.63, 3.8) is 0 Å². The second-order valence-corrected chi connectivity index (χ2v) is 10.1. The van der Waals surface area contributed by atoms with Crippen molar-refractivity contribution in [1.82, 2.24) is 14.5 Å². The fourth-order valence-corrected chi connectivity index (χ4v) is 5.37. The van der Waals surface area contributed by atoms with Crippen molar-refractivity contribution in [2.75, 3.05) is 32.6 Å². The third-order valence-electron chi connectivity index (χ3n) is 4.41. The predicted molar refractivity (Wildman–Crippen MR) is 99.4 cm³/mol. The summed E-state index contributed by atoms with van der Waals surface area (Å²) in [6.45, 7) is 9.68. The number of likely N-dealkylation sites (tertiary alicyclic amines) is 1. The van der Waals surface area contributed by atoms with Gasteiger partial charge in [-0.2, -0.15) is 0 Å². The van der Waals surface area contributed by atoms with E-state index in [4.69, 9.17) is 4.74 Å². The topological polar surface area (TPSA) is 64.4 Å². The summed E-state index contributed by atoms with van der Waals surface area (Å²) >= 11 is 0. The van der Waals surface area contributed by atoms with Gasteiger partial charge in [-0.25, -0.2) is 13.4 Å². The van der Waals surface area contributed by atoms with Crippen LogP contribution >= 0.6 is 0 Å². The fraction of sp³-hybridized carbons (Fsp3) is 0.833. The van der Waals surface area contributed by atoms with Gasteiger partial charge in [0, 0.05) is 20.2 Å². The number of nitrogens with zero attached hydrogens (tertiary/aromatic N) is 3. The van der Waals surface area contributed by atoms with Crippen molar-refractivity contribution < 1.29 is 13.2 Å². The maximum Gasteiger partial charge on any atom is 0.227 e. The van der Waals surface area contributed by atoms with E-state index in [0.717, 1.165) is 25.3 Å². The number of rotatable bonds is 7. The van der Waals surface area contributed by atoms with Crippen molar-refractivity contribution in [2.24, 2.45) is 5.41 Å². The molecule has 2 heterocycles. The summed E-state index contributed by atoms with van der Waals surface area (Å²) in [4.78, 5) is 6.72. The standard InChI is InChI=1S/C18H33N3O3S/c1-18(2,3)15-25(22,23)17-19-13-16(21(17)11-12-24-4)14-20-9-7-5-6-8-10-20/h13H,5-12,14-15H2,1-4H3. The first-order valence-electron chi connectivity index (χ1n) is 9.21. The molecule has 1 aliphatic heterocycles. The summed E-state index contributed by atoms with van der Waals surface area (Å²) in [5.41, 5.74) is 0.661. The Labute approximate surface area is 152 Å². The van der Waals surface area contributed by atoms with Crippen LogP contribution in [-0.2, 0) is 27.7 Å².